The SMILES string of the molecule is CCCCCCCC/C=C\CCCCCCCC(O)CC(=O)NC(CO)C(O)CCCCCCCCCCCCCCCCC. The number of carbonyl (C=O) groups is 1. The number of allylic oxidation sites excluding steroid dienone is 2. The van der Waals surface area contributed by atoms with Crippen LogP contribution in [0.4, 0.5) is 0 Å². The second-order valence-electron chi connectivity index (χ2n) is 13.9. The Kier molecular flexibility index (Phi) is 35.2. The van der Waals surface area contributed by atoms with Gasteiger partial charge in [-0.25, -0.2) is 0 Å². The van der Waals surface area contributed by atoms with Crippen LogP contribution < -0.4 is 5.32 Å². The van der Waals surface area contributed by atoms with Gasteiger partial charge in [-0.3, -0.25) is 4.79 Å². The molecule has 0 rings (SSSR count). The Morgan fingerprint density at radius 1 is 0.533 bits per heavy atom. The van der Waals surface area contributed by atoms with Crippen LogP contribution in [0.2, 0.25) is 0 Å². The first-order valence-corrected chi connectivity index (χ1v) is 20.0. The smallest absolute Gasteiger partial charge is 0.222 e. The normalized spacial score (nSPS) is 13.8. The summed E-state index contributed by atoms with van der Waals surface area (Å²) in [6.07, 6.45) is 40.2. The van der Waals surface area contributed by atoms with E-state index in [1.165, 1.54) is 148 Å². The molecule has 0 aliphatic heterocycles. The zero-order chi connectivity index (χ0) is 33.1. The van der Waals surface area contributed by atoms with Crippen molar-refractivity contribution < 1.29 is 20.1 Å². The van der Waals surface area contributed by atoms with Gasteiger partial charge in [-0.15, -0.1) is 0 Å². The highest BCUT2D eigenvalue weighted by Crippen LogP contribution is 2.16. The largest absolute Gasteiger partial charge is 0.394 e. The molecular formula is C40H79NO4. The van der Waals surface area contributed by atoms with Crippen molar-refractivity contribution in [1.82, 2.24) is 5.32 Å². The Balaban J connectivity index is 3.66. The summed E-state index contributed by atoms with van der Waals surface area (Å²) in [4.78, 5) is 12.4. The van der Waals surface area contributed by atoms with Gasteiger partial charge in [0.15, 0.2) is 0 Å². The Morgan fingerprint density at radius 3 is 1.29 bits per heavy atom. The zero-order valence-electron chi connectivity index (χ0n) is 30.3. The van der Waals surface area contributed by atoms with Gasteiger partial charge in [0.2, 0.25) is 5.91 Å². The summed E-state index contributed by atoms with van der Waals surface area (Å²) in [7, 11) is 0. The van der Waals surface area contributed by atoms with Crippen molar-refractivity contribution in [3.05, 3.63) is 12.2 Å². The molecule has 0 saturated carbocycles. The lowest BCUT2D eigenvalue weighted by molar-refractivity contribution is -0.125. The molecule has 5 heteroatoms. The molecule has 3 unspecified atom stereocenters. The summed E-state index contributed by atoms with van der Waals surface area (Å²) in [5, 5.41) is 33.3. The molecule has 0 bridgehead atoms. The molecule has 0 saturated heterocycles. The standard InChI is InChI=1S/C40H79NO4/c1-3-5-7-9-11-13-15-17-19-21-23-25-27-29-31-33-37(43)35-40(45)41-38(36-42)39(44)34-32-30-28-26-24-22-20-18-16-14-12-10-8-6-4-2/h17,19,37-39,42-44H,3-16,18,20-36H2,1-2H3,(H,41,45)/b19-17-. The van der Waals surface area contributed by atoms with Gasteiger partial charge in [0.25, 0.3) is 0 Å². The summed E-state index contributed by atoms with van der Waals surface area (Å²) in [5.74, 6) is -0.287. The first-order valence-electron chi connectivity index (χ1n) is 20.0. The lowest BCUT2D eigenvalue weighted by Crippen LogP contribution is -2.46. The van der Waals surface area contributed by atoms with Gasteiger partial charge in [0.05, 0.1) is 31.3 Å². The Labute approximate surface area is 280 Å². The molecular weight excluding hydrogens is 558 g/mol. The predicted molar refractivity (Wildman–Crippen MR) is 195 cm³/mol. The number of amides is 1. The minimum atomic E-state index is -0.747. The van der Waals surface area contributed by atoms with Crippen LogP contribution >= 0.6 is 0 Å². The molecule has 0 aromatic carbocycles. The van der Waals surface area contributed by atoms with E-state index in [0.717, 1.165) is 32.1 Å². The van der Waals surface area contributed by atoms with Crippen LogP contribution in [0, 0.1) is 0 Å². The molecule has 0 aromatic heterocycles. The lowest BCUT2D eigenvalue weighted by atomic mass is 10.0. The maximum absolute atomic E-state index is 12.4. The Hall–Kier alpha value is -0.910. The van der Waals surface area contributed by atoms with Crippen LogP contribution in [0.5, 0.6) is 0 Å². The van der Waals surface area contributed by atoms with E-state index >= 15 is 0 Å². The zero-order valence-corrected chi connectivity index (χ0v) is 30.3. The predicted octanol–water partition coefficient (Wildman–Crippen LogP) is 10.9. The van der Waals surface area contributed by atoms with Crippen molar-refractivity contribution in [2.45, 2.75) is 231 Å². The van der Waals surface area contributed by atoms with Gasteiger partial charge in [-0.2, -0.15) is 0 Å². The summed E-state index contributed by atoms with van der Waals surface area (Å²) in [6.45, 7) is 4.25. The van der Waals surface area contributed by atoms with Crippen LogP contribution in [0.3, 0.4) is 0 Å². The third-order valence-corrected chi connectivity index (χ3v) is 9.33. The fraction of sp³-hybridized carbons (Fsp3) is 0.925. The quantitative estimate of drug-likeness (QED) is 0.0406. The highest BCUT2D eigenvalue weighted by Gasteiger charge is 2.21. The van der Waals surface area contributed by atoms with Gasteiger partial charge in [-0.1, -0.05) is 180 Å². The molecule has 3 atom stereocenters. The van der Waals surface area contributed by atoms with Crippen LogP contribution in [0.25, 0.3) is 0 Å². The number of carbonyl (C=O) groups excluding carboxylic acids is 1. The lowest BCUT2D eigenvalue weighted by Gasteiger charge is -2.23. The second-order valence-corrected chi connectivity index (χ2v) is 13.9. The number of unbranched alkanes of at least 4 members (excludes halogenated alkanes) is 25. The minimum absolute atomic E-state index is 0.0333. The van der Waals surface area contributed by atoms with E-state index in [1.54, 1.807) is 0 Å². The highest BCUT2D eigenvalue weighted by atomic mass is 16.3. The van der Waals surface area contributed by atoms with Crippen LogP contribution in [0.15, 0.2) is 12.2 Å². The molecule has 0 aromatic rings. The van der Waals surface area contributed by atoms with E-state index in [0.29, 0.717) is 12.8 Å². The van der Waals surface area contributed by atoms with Crippen LogP contribution in [-0.2, 0) is 4.79 Å². The van der Waals surface area contributed by atoms with E-state index < -0.39 is 18.2 Å². The number of nitrogens with one attached hydrogen (secondary N) is 1. The topological polar surface area (TPSA) is 89.8 Å². The van der Waals surface area contributed by atoms with E-state index in [9.17, 15) is 20.1 Å². The highest BCUT2D eigenvalue weighted by molar-refractivity contribution is 5.76. The molecule has 268 valence electrons. The van der Waals surface area contributed by atoms with Crippen molar-refractivity contribution in [2.24, 2.45) is 0 Å². The molecule has 4 N–H and O–H groups in total. The first-order chi connectivity index (χ1) is 22.0. The third kappa shape index (κ3) is 32.8. The average molecular weight is 638 g/mol. The molecule has 0 spiro atoms. The van der Waals surface area contributed by atoms with E-state index in [4.69, 9.17) is 0 Å². The van der Waals surface area contributed by atoms with Gasteiger partial charge < -0.3 is 20.6 Å². The number of hydrogen-bond donors (Lipinski definition) is 4. The molecule has 0 aliphatic carbocycles. The number of rotatable bonds is 36. The molecule has 0 fully saturated rings. The first kappa shape index (κ1) is 44.1. The van der Waals surface area contributed by atoms with Crippen LogP contribution in [-0.4, -0.2) is 46.1 Å². The molecule has 1 amide bonds. The van der Waals surface area contributed by atoms with Crippen LogP contribution in [0.1, 0.15) is 213 Å². The second kappa shape index (κ2) is 35.9. The summed E-state index contributed by atoms with van der Waals surface area (Å²) in [5.41, 5.74) is 0. The van der Waals surface area contributed by atoms with Gasteiger partial charge in [0.1, 0.15) is 0 Å². The minimum Gasteiger partial charge on any atom is -0.394 e. The monoisotopic (exact) mass is 638 g/mol. The fourth-order valence-corrected chi connectivity index (χ4v) is 6.22. The van der Waals surface area contributed by atoms with Crippen molar-refractivity contribution in [1.29, 1.82) is 0 Å². The van der Waals surface area contributed by atoms with E-state index in [-0.39, 0.29) is 18.9 Å². The van der Waals surface area contributed by atoms with E-state index in [1.807, 2.05) is 0 Å². The van der Waals surface area contributed by atoms with Crippen molar-refractivity contribution in [3.63, 3.8) is 0 Å². The molecule has 5 nitrogen and oxygen atoms in total. The van der Waals surface area contributed by atoms with Crippen molar-refractivity contribution in [3.8, 4) is 0 Å². The number of aliphatic hydroxyl groups is 3. The van der Waals surface area contributed by atoms with Crippen molar-refractivity contribution in [2.75, 3.05) is 6.61 Å². The fourth-order valence-electron chi connectivity index (χ4n) is 6.22. The third-order valence-electron chi connectivity index (χ3n) is 9.33. The molecule has 0 radical (unpaired) electrons. The summed E-state index contributed by atoms with van der Waals surface area (Å²) >= 11 is 0. The van der Waals surface area contributed by atoms with Gasteiger partial charge >= 0.3 is 0 Å². The maximum Gasteiger partial charge on any atom is 0.222 e. The summed E-state index contributed by atoms with van der Waals surface area (Å²) < 4.78 is 0. The van der Waals surface area contributed by atoms with E-state index in [2.05, 4.69) is 31.3 Å². The summed E-state index contributed by atoms with van der Waals surface area (Å²) in [6, 6.07) is -0.656. The van der Waals surface area contributed by atoms with Gasteiger partial charge in [0, 0.05) is 0 Å². The Morgan fingerprint density at radius 2 is 0.889 bits per heavy atom. The molecule has 0 heterocycles. The average Bonchev–Trinajstić information content (AvgIpc) is 3.03. The molecule has 0 aliphatic rings. The number of hydrogen-bond acceptors (Lipinski definition) is 4. The van der Waals surface area contributed by atoms with Crippen molar-refractivity contribution >= 4 is 5.91 Å². The van der Waals surface area contributed by atoms with Gasteiger partial charge in [-0.05, 0) is 38.5 Å². The maximum atomic E-state index is 12.4. The number of aliphatic hydroxyl groups excluding tert-OH is 3. The molecule has 45 heavy (non-hydrogen) atoms. The Bertz CT molecular complexity index is 625.